The van der Waals surface area contributed by atoms with Crippen molar-refractivity contribution in [3.8, 4) is 17.1 Å². The van der Waals surface area contributed by atoms with Crippen LogP contribution in [0.1, 0.15) is 10.5 Å². The van der Waals surface area contributed by atoms with Gasteiger partial charge < -0.3 is 9.84 Å². The lowest BCUT2D eigenvalue weighted by Gasteiger charge is -2.07. The van der Waals surface area contributed by atoms with Crippen molar-refractivity contribution in [1.82, 2.24) is 9.38 Å². The highest BCUT2D eigenvalue weighted by atomic mass is 35.5. The van der Waals surface area contributed by atoms with E-state index in [0.29, 0.717) is 22.6 Å². The van der Waals surface area contributed by atoms with Crippen LogP contribution in [0.5, 0.6) is 5.75 Å². The summed E-state index contributed by atoms with van der Waals surface area (Å²) in [5, 5.41) is 9.89. The quantitative estimate of drug-likeness (QED) is 0.739. The fraction of sp³-hybridized carbons (Fsp3) is 0.0667. The number of aromatic hydroxyl groups is 1. The third kappa shape index (κ3) is 2.21. The predicted molar refractivity (Wildman–Crippen MR) is 78.6 cm³/mol. The number of nitrogens with zero attached hydrogens (tertiary/aromatic N) is 2. The number of phenolic OH excluding ortho intramolecular Hbond substituents is 1. The Balaban J connectivity index is 2.35. The minimum Gasteiger partial charge on any atom is -0.508 e. The number of rotatable bonds is 2. The van der Waals surface area contributed by atoms with Gasteiger partial charge >= 0.3 is 5.97 Å². The van der Waals surface area contributed by atoms with Gasteiger partial charge in [-0.1, -0.05) is 29.8 Å². The molecule has 0 saturated carbocycles. The molecule has 0 amide bonds. The van der Waals surface area contributed by atoms with E-state index < -0.39 is 5.97 Å². The van der Waals surface area contributed by atoms with E-state index in [1.165, 1.54) is 7.11 Å². The van der Waals surface area contributed by atoms with Crippen LogP contribution in [0.2, 0.25) is 5.15 Å². The highest BCUT2D eigenvalue weighted by molar-refractivity contribution is 6.33. The van der Waals surface area contributed by atoms with Crippen LogP contribution in [0.3, 0.4) is 0 Å². The van der Waals surface area contributed by atoms with Crippen LogP contribution in [-0.2, 0) is 4.74 Å². The van der Waals surface area contributed by atoms with E-state index in [-0.39, 0.29) is 10.9 Å². The first-order chi connectivity index (χ1) is 10.1. The van der Waals surface area contributed by atoms with Crippen LogP contribution in [-0.4, -0.2) is 27.6 Å². The highest BCUT2D eigenvalue weighted by Gasteiger charge is 2.18. The molecule has 1 aromatic carbocycles. The summed E-state index contributed by atoms with van der Waals surface area (Å²) in [5.74, 6) is 0.0823. The molecule has 0 atom stereocenters. The maximum atomic E-state index is 11.9. The Bertz CT molecular complexity index is 842. The van der Waals surface area contributed by atoms with Crippen LogP contribution in [0.15, 0.2) is 42.5 Å². The molecule has 0 spiro atoms. The van der Waals surface area contributed by atoms with Gasteiger partial charge in [-0.05, 0) is 24.3 Å². The zero-order chi connectivity index (χ0) is 15.0. The van der Waals surface area contributed by atoms with Crippen LogP contribution in [0.4, 0.5) is 0 Å². The van der Waals surface area contributed by atoms with Gasteiger partial charge in [0.25, 0.3) is 0 Å². The molecule has 1 N–H and O–H groups in total. The zero-order valence-corrected chi connectivity index (χ0v) is 11.8. The van der Waals surface area contributed by atoms with Gasteiger partial charge in [0.05, 0.1) is 12.6 Å². The Labute approximate surface area is 125 Å². The van der Waals surface area contributed by atoms with Crippen molar-refractivity contribution in [2.75, 3.05) is 7.11 Å². The molecule has 0 aliphatic heterocycles. The van der Waals surface area contributed by atoms with Gasteiger partial charge in [-0.15, -0.1) is 0 Å². The number of phenols is 1. The van der Waals surface area contributed by atoms with Gasteiger partial charge in [-0.25, -0.2) is 9.78 Å². The molecule has 0 bridgehead atoms. The molecular formula is C15H11ClN2O3. The number of esters is 1. The number of methoxy groups -OCH3 is 1. The highest BCUT2D eigenvalue weighted by Crippen LogP contribution is 2.29. The second-order valence-corrected chi connectivity index (χ2v) is 4.76. The smallest absolute Gasteiger partial charge is 0.355 e. The van der Waals surface area contributed by atoms with E-state index in [4.69, 9.17) is 16.3 Å². The summed E-state index contributed by atoms with van der Waals surface area (Å²) >= 11 is 6.14. The Morgan fingerprint density at radius 1 is 1.29 bits per heavy atom. The van der Waals surface area contributed by atoms with E-state index in [0.717, 1.165) is 0 Å². The summed E-state index contributed by atoms with van der Waals surface area (Å²) in [6.07, 6.45) is 0. The summed E-state index contributed by atoms with van der Waals surface area (Å²) in [4.78, 5) is 16.2. The minimum absolute atomic E-state index is 0.107. The summed E-state index contributed by atoms with van der Waals surface area (Å²) in [7, 11) is 1.31. The normalized spacial score (nSPS) is 10.8. The molecule has 0 unspecified atom stereocenters. The molecule has 0 saturated heterocycles. The second kappa shape index (κ2) is 5.10. The number of carbonyl (C=O) groups is 1. The lowest BCUT2D eigenvalue weighted by molar-refractivity contribution is 0.0592. The van der Waals surface area contributed by atoms with Crippen molar-refractivity contribution in [2.45, 2.75) is 0 Å². The van der Waals surface area contributed by atoms with Crippen molar-refractivity contribution in [3.05, 3.63) is 53.3 Å². The molecule has 6 heteroatoms. The number of benzene rings is 1. The van der Waals surface area contributed by atoms with Crippen molar-refractivity contribution in [1.29, 1.82) is 0 Å². The summed E-state index contributed by atoms with van der Waals surface area (Å²) in [6, 6.07) is 11.7. The largest absolute Gasteiger partial charge is 0.508 e. The average molecular weight is 303 g/mol. The molecule has 0 fully saturated rings. The number of aromatic nitrogens is 2. The van der Waals surface area contributed by atoms with Crippen molar-refractivity contribution in [3.63, 3.8) is 0 Å². The van der Waals surface area contributed by atoms with Gasteiger partial charge in [-0.2, -0.15) is 0 Å². The fourth-order valence-corrected chi connectivity index (χ4v) is 2.43. The Hall–Kier alpha value is -2.53. The van der Waals surface area contributed by atoms with Crippen LogP contribution >= 0.6 is 11.6 Å². The number of carbonyl (C=O) groups excluding carboxylic acids is 1. The van der Waals surface area contributed by atoms with Crippen LogP contribution < -0.4 is 0 Å². The van der Waals surface area contributed by atoms with E-state index in [2.05, 4.69) is 4.98 Å². The number of fused-ring (bicyclic) bond motifs is 1. The topological polar surface area (TPSA) is 63.8 Å². The average Bonchev–Trinajstić information content (AvgIpc) is 2.84. The molecule has 2 heterocycles. The first kappa shape index (κ1) is 13.5. The summed E-state index contributed by atoms with van der Waals surface area (Å²) < 4.78 is 6.40. The third-order valence-electron chi connectivity index (χ3n) is 3.12. The first-order valence-electron chi connectivity index (χ1n) is 6.16. The van der Waals surface area contributed by atoms with Crippen molar-refractivity contribution in [2.24, 2.45) is 0 Å². The molecule has 21 heavy (non-hydrogen) atoms. The minimum atomic E-state index is -0.490. The molecule has 2 aromatic heterocycles. The van der Waals surface area contributed by atoms with E-state index in [1.807, 2.05) is 0 Å². The number of pyridine rings is 1. The molecule has 0 aliphatic carbocycles. The molecule has 0 aliphatic rings. The Morgan fingerprint density at radius 3 is 2.76 bits per heavy atom. The van der Waals surface area contributed by atoms with Crippen molar-refractivity contribution >= 4 is 23.1 Å². The SMILES string of the molecule is COC(=O)c1cccc2c(Cl)nc(-c3cccc(O)c3)n12. The molecule has 3 aromatic rings. The van der Waals surface area contributed by atoms with Gasteiger partial charge in [0.1, 0.15) is 17.3 Å². The Morgan fingerprint density at radius 2 is 2.05 bits per heavy atom. The van der Waals surface area contributed by atoms with Crippen LogP contribution in [0, 0.1) is 0 Å². The number of halogens is 1. The van der Waals surface area contributed by atoms with E-state index in [9.17, 15) is 9.90 Å². The predicted octanol–water partition coefficient (Wildman–Crippen LogP) is 3.15. The summed E-state index contributed by atoms with van der Waals surface area (Å²) in [6.45, 7) is 0. The zero-order valence-electron chi connectivity index (χ0n) is 11.1. The first-order valence-corrected chi connectivity index (χ1v) is 6.54. The second-order valence-electron chi connectivity index (χ2n) is 4.40. The standard InChI is InChI=1S/C15H11ClN2O3/c1-21-15(20)12-7-3-6-11-13(16)17-14(18(11)12)9-4-2-5-10(19)8-9/h2-8,19H,1H3. The third-order valence-corrected chi connectivity index (χ3v) is 3.39. The maximum Gasteiger partial charge on any atom is 0.355 e. The lowest BCUT2D eigenvalue weighted by atomic mass is 10.2. The van der Waals surface area contributed by atoms with Crippen LogP contribution in [0.25, 0.3) is 16.9 Å². The number of hydrogen-bond acceptors (Lipinski definition) is 4. The van der Waals surface area contributed by atoms with Gasteiger partial charge in [-0.3, -0.25) is 4.40 Å². The summed E-state index contributed by atoms with van der Waals surface area (Å²) in [5.41, 5.74) is 1.55. The number of hydrogen-bond donors (Lipinski definition) is 1. The molecule has 3 rings (SSSR count). The Kier molecular flexibility index (Phi) is 3.27. The van der Waals surface area contributed by atoms with E-state index >= 15 is 0 Å². The number of imidazole rings is 1. The molecule has 5 nitrogen and oxygen atoms in total. The van der Waals surface area contributed by atoms with E-state index in [1.54, 1.807) is 46.9 Å². The lowest BCUT2D eigenvalue weighted by Crippen LogP contribution is -2.08. The molecule has 106 valence electrons. The van der Waals surface area contributed by atoms with Gasteiger partial charge in [0.2, 0.25) is 0 Å². The van der Waals surface area contributed by atoms with Gasteiger partial charge in [0, 0.05) is 5.56 Å². The number of ether oxygens (including phenoxy) is 1. The van der Waals surface area contributed by atoms with Crippen molar-refractivity contribution < 1.29 is 14.6 Å². The fourth-order valence-electron chi connectivity index (χ4n) is 2.20. The molecule has 0 radical (unpaired) electrons. The monoisotopic (exact) mass is 302 g/mol. The maximum absolute atomic E-state index is 11.9. The van der Waals surface area contributed by atoms with Gasteiger partial charge in [0.15, 0.2) is 5.15 Å². The molecular weight excluding hydrogens is 292 g/mol.